The third-order valence-corrected chi connectivity index (χ3v) is 6.58. The zero-order chi connectivity index (χ0) is 32.7. The monoisotopic (exact) mass is 622 g/mol. The van der Waals surface area contributed by atoms with E-state index in [0.717, 1.165) is 31.2 Å². The van der Waals surface area contributed by atoms with E-state index in [4.69, 9.17) is 18.9 Å². The lowest BCUT2D eigenvalue weighted by atomic mass is 9.99. The number of carbonyl (C=O) groups excluding carboxylic acids is 3. The molecular weight excluding hydrogens is 592 g/mol. The zero-order valence-electron chi connectivity index (χ0n) is 23.7. The van der Waals surface area contributed by atoms with Crippen LogP contribution in [0, 0.1) is 0 Å². The van der Waals surface area contributed by atoms with Gasteiger partial charge in [0.2, 0.25) is 12.0 Å². The second-order valence-corrected chi connectivity index (χ2v) is 9.87. The topological polar surface area (TPSA) is 210 Å². The van der Waals surface area contributed by atoms with Crippen LogP contribution in [0.1, 0.15) is 28.4 Å². The largest absolute Gasteiger partial charge is 0.508 e. The molecule has 4 rings (SSSR count). The normalized spacial score (nSPS) is 21.4. The predicted octanol–water partition coefficient (Wildman–Crippen LogP) is 2.42. The number of aliphatic hydroxyl groups excluding tert-OH is 2. The van der Waals surface area contributed by atoms with Gasteiger partial charge in [-0.3, -0.25) is 9.59 Å². The molecule has 0 spiro atoms. The van der Waals surface area contributed by atoms with E-state index in [0.29, 0.717) is 11.1 Å². The maximum absolute atomic E-state index is 12.6. The van der Waals surface area contributed by atoms with E-state index in [2.05, 4.69) is 0 Å². The fraction of sp³-hybridized carbons (Fsp3) is 0.219. The van der Waals surface area contributed by atoms with E-state index >= 15 is 0 Å². The number of rotatable bonds is 10. The Balaban J connectivity index is 1.46. The number of hydrogen-bond acceptors (Lipinski definition) is 13. The Morgan fingerprint density at radius 1 is 0.778 bits per heavy atom. The number of phenolic OH excluding ortho intramolecular Hbond substituents is 4. The van der Waals surface area contributed by atoms with Crippen LogP contribution >= 0.6 is 0 Å². The fourth-order valence-electron chi connectivity index (χ4n) is 4.26. The third-order valence-electron chi connectivity index (χ3n) is 6.58. The molecule has 1 aliphatic heterocycles. The second-order valence-electron chi connectivity index (χ2n) is 9.87. The molecule has 13 heteroatoms. The second kappa shape index (κ2) is 14.4. The Kier molecular flexibility index (Phi) is 10.4. The molecule has 1 aliphatic rings. The molecular formula is C32H30O13. The summed E-state index contributed by atoms with van der Waals surface area (Å²) in [5, 5.41) is 61.2. The van der Waals surface area contributed by atoms with E-state index < -0.39 is 72.3 Å². The van der Waals surface area contributed by atoms with Gasteiger partial charge in [0.05, 0.1) is 5.56 Å². The first kappa shape index (κ1) is 32.5. The summed E-state index contributed by atoms with van der Waals surface area (Å²) in [5.74, 6) is -4.35. The minimum atomic E-state index is -1.84. The molecule has 13 nitrogen and oxygen atoms in total. The van der Waals surface area contributed by atoms with Gasteiger partial charge in [0.15, 0.2) is 23.4 Å². The highest BCUT2D eigenvalue weighted by atomic mass is 16.7. The standard InChI is InChI=1S/C32H30O13/c1-17(33)43-31-25(16-42-26(37)15-7-19-4-10-21(35)11-5-19)45-32(30(41)29(31)40)44-24-14-12-22(27(38)28(24)39)23(36)13-6-18-2-8-20(34)9-3-18/h2-15,25,29-32,34-35,38-41H,16H2,1H3/t25-,29-,30-,31-,32-/m1/s1. The molecule has 0 aromatic heterocycles. The average molecular weight is 623 g/mol. The van der Waals surface area contributed by atoms with Crippen LogP contribution < -0.4 is 4.74 Å². The van der Waals surface area contributed by atoms with Crippen LogP contribution in [0.4, 0.5) is 0 Å². The van der Waals surface area contributed by atoms with Gasteiger partial charge in [-0.15, -0.1) is 0 Å². The van der Waals surface area contributed by atoms with Gasteiger partial charge in [-0.2, -0.15) is 0 Å². The Bertz CT molecular complexity index is 1580. The van der Waals surface area contributed by atoms with E-state index in [1.807, 2.05) is 0 Å². The quantitative estimate of drug-likeness (QED) is 0.0832. The van der Waals surface area contributed by atoms with Crippen LogP contribution in [0.5, 0.6) is 28.7 Å². The number of aromatic hydroxyl groups is 4. The number of allylic oxidation sites excluding steroid dienone is 1. The molecule has 3 aromatic carbocycles. The van der Waals surface area contributed by atoms with Crippen LogP contribution in [-0.4, -0.2) is 85.7 Å². The summed E-state index contributed by atoms with van der Waals surface area (Å²) in [6.45, 7) is 0.507. The van der Waals surface area contributed by atoms with Crippen LogP contribution in [0.25, 0.3) is 12.2 Å². The van der Waals surface area contributed by atoms with Crippen LogP contribution in [0.2, 0.25) is 0 Å². The van der Waals surface area contributed by atoms with Gasteiger partial charge in [-0.1, -0.05) is 30.3 Å². The maximum Gasteiger partial charge on any atom is 0.330 e. The Labute approximate surface area is 256 Å². The first-order valence-electron chi connectivity index (χ1n) is 13.5. The molecule has 0 saturated carbocycles. The lowest BCUT2D eigenvalue weighted by molar-refractivity contribution is -0.282. The Morgan fingerprint density at radius 3 is 1.93 bits per heavy atom. The molecule has 0 amide bonds. The van der Waals surface area contributed by atoms with Crippen molar-refractivity contribution in [1.29, 1.82) is 0 Å². The van der Waals surface area contributed by atoms with Crippen molar-refractivity contribution in [3.05, 3.63) is 89.5 Å². The van der Waals surface area contributed by atoms with Crippen LogP contribution in [0.15, 0.2) is 72.8 Å². The fourth-order valence-corrected chi connectivity index (χ4v) is 4.26. The van der Waals surface area contributed by atoms with E-state index in [1.54, 1.807) is 24.3 Å². The van der Waals surface area contributed by atoms with Gasteiger partial charge in [-0.25, -0.2) is 4.79 Å². The Hall–Kier alpha value is -5.37. The Morgan fingerprint density at radius 2 is 1.36 bits per heavy atom. The van der Waals surface area contributed by atoms with E-state index in [1.165, 1.54) is 36.4 Å². The van der Waals surface area contributed by atoms with Gasteiger partial charge < -0.3 is 49.6 Å². The summed E-state index contributed by atoms with van der Waals surface area (Å²) < 4.78 is 21.5. The highest BCUT2D eigenvalue weighted by Gasteiger charge is 2.48. The summed E-state index contributed by atoms with van der Waals surface area (Å²) in [5.41, 5.74) is 0.903. The highest BCUT2D eigenvalue weighted by molar-refractivity contribution is 6.09. The van der Waals surface area contributed by atoms with Gasteiger partial charge in [0.1, 0.15) is 36.4 Å². The third kappa shape index (κ3) is 8.38. The lowest BCUT2D eigenvalue weighted by Gasteiger charge is -2.41. The molecule has 0 aliphatic carbocycles. The lowest BCUT2D eigenvalue weighted by Crippen LogP contribution is -2.61. The van der Waals surface area contributed by atoms with Crippen molar-refractivity contribution in [1.82, 2.24) is 0 Å². The summed E-state index contributed by atoms with van der Waals surface area (Å²) in [6, 6.07) is 14.2. The highest BCUT2D eigenvalue weighted by Crippen LogP contribution is 2.40. The number of carbonyl (C=O) groups is 3. The van der Waals surface area contributed by atoms with Crippen LogP contribution in [-0.2, 0) is 23.8 Å². The van der Waals surface area contributed by atoms with Crippen molar-refractivity contribution in [3.63, 3.8) is 0 Å². The van der Waals surface area contributed by atoms with Crippen LogP contribution in [0.3, 0.4) is 0 Å². The molecule has 1 fully saturated rings. The van der Waals surface area contributed by atoms with Gasteiger partial charge in [0, 0.05) is 13.0 Å². The van der Waals surface area contributed by atoms with E-state index in [-0.39, 0.29) is 17.1 Å². The predicted molar refractivity (Wildman–Crippen MR) is 156 cm³/mol. The molecule has 6 N–H and O–H groups in total. The summed E-state index contributed by atoms with van der Waals surface area (Å²) >= 11 is 0. The van der Waals surface area contributed by atoms with Crippen molar-refractivity contribution < 1.29 is 64.0 Å². The minimum absolute atomic E-state index is 0.0459. The van der Waals surface area contributed by atoms with Gasteiger partial charge in [0.25, 0.3) is 0 Å². The van der Waals surface area contributed by atoms with Crippen molar-refractivity contribution in [3.8, 4) is 28.7 Å². The molecule has 1 heterocycles. The number of phenols is 4. The summed E-state index contributed by atoms with van der Waals surface area (Å²) in [4.78, 5) is 36.6. The number of aliphatic hydroxyl groups is 2. The van der Waals surface area contributed by atoms with E-state index in [9.17, 15) is 45.0 Å². The number of hydrogen-bond donors (Lipinski definition) is 6. The zero-order valence-corrected chi connectivity index (χ0v) is 23.7. The number of esters is 2. The van der Waals surface area contributed by atoms with Gasteiger partial charge in [-0.05, 0) is 59.7 Å². The molecule has 45 heavy (non-hydrogen) atoms. The minimum Gasteiger partial charge on any atom is -0.508 e. The van der Waals surface area contributed by atoms with Gasteiger partial charge >= 0.3 is 11.9 Å². The SMILES string of the molecule is CC(=O)O[C@H]1[C@H](O)[C@@H](O)[C@H](Oc2ccc(C(=O)C=Cc3ccc(O)cc3)c(O)c2O)O[C@@H]1COC(=O)C=Cc1ccc(O)cc1. The number of ketones is 1. The van der Waals surface area contributed by atoms with Crippen molar-refractivity contribution >= 4 is 29.9 Å². The summed E-state index contributed by atoms with van der Waals surface area (Å²) in [7, 11) is 0. The molecule has 0 bridgehead atoms. The van der Waals surface area contributed by atoms with Crippen molar-refractivity contribution in [2.75, 3.05) is 6.61 Å². The smallest absolute Gasteiger partial charge is 0.330 e. The summed E-state index contributed by atoms with van der Waals surface area (Å²) in [6.07, 6.45) is -3.07. The van der Waals surface area contributed by atoms with Crippen molar-refractivity contribution in [2.24, 2.45) is 0 Å². The first-order valence-corrected chi connectivity index (χ1v) is 13.5. The molecule has 5 atom stereocenters. The molecule has 0 radical (unpaired) electrons. The molecule has 236 valence electrons. The van der Waals surface area contributed by atoms with Crippen molar-refractivity contribution in [2.45, 2.75) is 37.6 Å². The molecule has 1 saturated heterocycles. The number of benzene rings is 3. The first-order chi connectivity index (χ1) is 21.4. The molecule has 3 aromatic rings. The molecule has 0 unspecified atom stereocenters. The average Bonchev–Trinajstić information content (AvgIpc) is 3.01. The maximum atomic E-state index is 12.6. The number of ether oxygens (including phenoxy) is 4.